The van der Waals surface area contributed by atoms with Crippen molar-refractivity contribution in [2.24, 2.45) is 0 Å². The number of fused-ring (bicyclic) bond motifs is 3. The van der Waals surface area contributed by atoms with Crippen LogP contribution < -0.4 is 0 Å². The van der Waals surface area contributed by atoms with E-state index in [1.165, 1.54) is 0 Å². The van der Waals surface area contributed by atoms with Crippen LogP contribution in [0.1, 0.15) is 11.4 Å². The van der Waals surface area contributed by atoms with Crippen molar-refractivity contribution in [1.29, 1.82) is 0 Å². The van der Waals surface area contributed by atoms with Crippen molar-refractivity contribution in [2.45, 2.75) is 13.8 Å². The maximum atomic E-state index is 9.87. The molecule has 10 heteroatoms. The van der Waals surface area contributed by atoms with E-state index in [2.05, 4.69) is 34.2 Å². The molecule has 0 saturated carbocycles. The number of pyridine rings is 2. The van der Waals surface area contributed by atoms with Gasteiger partial charge in [-0.15, -0.1) is 0 Å². The first-order valence-electron chi connectivity index (χ1n) is 6.39. The van der Waals surface area contributed by atoms with Gasteiger partial charge < -0.3 is 0 Å². The quantitative estimate of drug-likeness (QED) is 0.175. The number of aryl methyl sites for hydroxylation is 2. The molecule has 0 unspecified atom stereocenters. The van der Waals surface area contributed by atoms with E-state index in [1.807, 2.05) is 26.0 Å². The first-order chi connectivity index (χ1) is 10.2. The average molecular weight is 417 g/mol. The number of benzene rings is 1. The molecule has 0 saturated heterocycles. The molecule has 136 valence electrons. The van der Waals surface area contributed by atoms with Gasteiger partial charge in [-0.1, -0.05) is 24.3 Å². The number of hydrogen-bond acceptors (Lipinski definition) is 2. The molecular formula is C14H12CuF6N2P. The van der Waals surface area contributed by atoms with Gasteiger partial charge in [0.1, 0.15) is 0 Å². The van der Waals surface area contributed by atoms with Crippen molar-refractivity contribution in [1.82, 2.24) is 9.97 Å². The summed E-state index contributed by atoms with van der Waals surface area (Å²) in [5.74, 6) is 0. The van der Waals surface area contributed by atoms with E-state index in [1.54, 1.807) is 0 Å². The molecule has 0 N–H and O–H groups in total. The summed E-state index contributed by atoms with van der Waals surface area (Å²) in [7, 11) is -10.7. The van der Waals surface area contributed by atoms with Crippen LogP contribution in [0.3, 0.4) is 0 Å². The van der Waals surface area contributed by atoms with Gasteiger partial charge in [0.2, 0.25) is 0 Å². The fraction of sp³-hybridized carbons (Fsp3) is 0.143. The van der Waals surface area contributed by atoms with E-state index in [4.69, 9.17) is 0 Å². The molecule has 0 radical (unpaired) electrons. The molecule has 2 aromatic heterocycles. The number of halogens is 6. The number of nitrogens with zero attached hydrogens (tertiary/aromatic N) is 2. The Labute approximate surface area is 144 Å². The van der Waals surface area contributed by atoms with Gasteiger partial charge in [0.15, 0.2) is 0 Å². The zero-order valence-electron chi connectivity index (χ0n) is 12.4. The zero-order valence-corrected chi connectivity index (χ0v) is 14.2. The number of rotatable bonds is 0. The molecule has 0 fully saturated rings. The zero-order chi connectivity index (χ0) is 17.5. The molecule has 2 nitrogen and oxygen atoms in total. The fourth-order valence-electron chi connectivity index (χ4n) is 1.96. The Morgan fingerprint density at radius 3 is 1.17 bits per heavy atom. The third-order valence-electron chi connectivity index (χ3n) is 2.80. The topological polar surface area (TPSA) is 25.8 Å². The van der Waals surface area contributed by atoms with Crippen LogP contribution in [0.25, 0.3) is 21.8 Å². The Bertz CT molecular complexity index is 824. The monoisotopic (exact) mass is 416 g/mol. The first-order valence-corrected chi connectivity index (χ1v) is 8.42. The van der Waals surface area contributed by atoms with Gasteiger partial charge in [-0.05, 0) is 26.0 Å². The van der Waals surface area contributed by atoms with Gasteiger partial charge in [0.25, 0.3) is 0 Å². The van der Waals surface area contributed by atoms with Gasteiger partial charge in [0, 0.05) is 22.2 Å². The Balaban J connectivity index is 0.000000312. The SMILES string of the molecule is Cc1ccc2ccc3ccc(C)nc3c2n1.F[P-](F)(F)(F)(F)F.[Cu+]. The molecule has 24 heavy (non-hydrogen) atoms. The molecule has 0 aliphatic heterocycles. The molecule has 2 heterocycles. The summed E-state index contributed by atoms with van der Waals surface area (Å²) >= 11 is 0. The van der Waals surface area contributed by atoms with Crippen LogP contribution in [0.2, 0.25) is 0 Å². The van der Waals surface area contributed by atoms with Gasteiger partial charge in [-0.2, -0.15) is 0 Å². The molecule has 0 aliphatic rings. The summed E-state index contributed by atoms with van der Waals surface area (Å²) in [6, 6.07) is 12.5. The normalized spacial score (nSPS) is 14.2. The number of aromatic nitrogens is 2. The molecule has 0 spiro atoms. The van der Waals surface area contributed by atoms with E-state index >= 15 is 0 Å². The smallest absolute Gasteiger partial charge is 1.00 e. The van der Waals surface area contributed by atoms with Crippen molar-refractivity contribution in [3.63, 3.8) is 0 Å². The van der Waals surface area contributed by atoms with Crippen molar-refractivity contribution in [3.05, 3.63) is 47.8 Å². The van der Waals surface area contributed by atoms with Gasteiger partial charge >= 0.3 is 50.1 Å². The fourth-order valence-corrected chi connectivity index (χ4v) is 1.96. The van der Waals surface area contributed by atoms with Crippen molar-refractivity contribution < 1.29 is 42.3 Å². The van der Waals surface area contributed by atoms with Gasteiger partial charge in [0.05, 0.1) is 11.0 Å². The van der Waals surface area contributed by atoms with E-state index in [0.717, 1.165) is 33.2 Å². The predicted octanol–water partition coefficient (Wildman–Crippen LogP) is 6.78. The van der Waals surface area contributed by atoms with E-state index < -0.39 is 7.81 Å². The maximum absolute atomic E-state index is 10.7. The molecule has 1 aromatic carbocycles. The predicted molar refractivity (Wildman–Crippen MR) is 80.1 cm³/mol. The summed E-state index contributed by atoms with van der Waals surface area (Å²) < 4.78 is 59.2. The van der Waals surface area contributed by atoms with Crippen LogP contribution in [0.4, 0.5) is 25.2 Å². The Morgan fingerprint density at radius 2 is 0.875 bits per heavy atom. The largest absolute Gasteiger partial charge is 1.00 e. The second-order valence-corrected chi connectivity index (χ2v) is 6.99. The van der Waals surface area contributed by atoms with Crippen LogP contribution in [-0.2, 0) is 17.1 Å². The molecule has 0 atom stereocenters. The third-order valence-corrected chi connectivity index (χ3v) is 2.80. The van der Waals surface area contributed by atoms with Crippen molar-refractivity contribution in [3.8, 4) is 0 Å². The second kappa shape index (κ2) is 5.83. The number of hydrogen-bond donors (Lipinski definition) is 0. The van der Waals surface area contributed by atoms with Crippen molar-refractivity contribution >= 4 is 29.6 Å². The summed E-state index contributed by atoms with van der Waals surface area (Å²) in [5, 5.41) is 2.30. The summed E-state index contributed by atoms with van der Waals surface area (Å²) in [6.45, 7) is 4.02. The Kier molecular flexibility index (Phi) is 5.01. The van der Waals surface area contributed by atoms with Crippen LogP contribution >= 0.6 is 7.81 Å². The molecular weight excluding hydrogens is 405 g/mol. The third kappa shape index (κ3) is 6.99. The van der Waals surface area contributed by atoms with E-state index in [-0.39, 0.29) is 17.1 Å². The minimum atomic E-state index is -10.7. The van der Waals surface area contributed by atoms with Gasteiger partial charge in [-0.25, -0.2) is 0 Å². The molecule has 0 aliphatic carbocycles. The standard InChI is InChI=1S/C14H12N2.Cu.F6P/c1-9-3-5-11-7-8-12-6-4-10(2)16-14(12)13(11)15-9;;1-7(2,3,4,5)6/h3-8H,1-2H3;;/q;+1;-1. The Hall–Kier alpha value is -1.43. The first kappa shape index (κ1) is 20.6. The Morgan fingerprint density at radius 1 is 0.625 bits per heavy atom. The summed E-state index contributed by atoms with van der Waals surface area (Å²) in [5.41, 5.74) is 4.06. The minimum absolute atomic E-state index is 0. The molecule has 3 rings (SSSR count). The van der Waals surface area contributed by atoms with Gasteiger partial charge in [-0.3, -0.25) is 9.97 Å². The average Bonchev–Trinajstić information content (AvgIpc) is 2.35. The summed E-state index contributed by atoms with van der Waals surface area (Å²) in [4.78, 5) is 9.16. The summed E-state index contributed by atoms with van der Waals surface area (Å²) in [6.07, 6.45) is 0. The van der Waals surface area contributed by atoms with Crippen LogP contribution in [0.5, 0.6) is 0 Å². The molecule has 3 aromatic rings. The van der Waals surface area contributed by atoms with Crippen LogP contribution in [0.15, 0.2) is 36.4 Å². The van der Waals surface area contributed by atoms with Crippen molar-refractivity contribution in [2.75, 3.05) is 0 Å². The van der Waals surface area contributed by atoms with E-state index in [0.29, 0.717) is 0 Å². The molecule has 0 amide bonds. The van der Waals surface area contributed by atoms with Crippen LogP contribution in [0, 0.1) is 13.8 Å². The van der Waals surface area contributed by atoms with E-state index in [9.17, 15) is 25.2 Å². The maximum Gasteiger partial charge on any atom is 1.00 e. The molecule has 0 bridgehead atoms. The van der Waals surface area contributed by atoms with Crippen LogP contribution in [-0.4, -0.2) is 9.97 Å². The minimum Gasteiger partial charge on any atom is 1.00 e. The second-order valence-electron chi connectivity index (χ2n) is 5.07.